The smallest absolute Gasteiger partial charge is 0.329 e. The van der Waals surface area contributed by atoms with Crippen molar-refractivity contribution in [2.45, 2.75) is 170 Å². The summed E-state index contributed by atoms with van der Waals surface area (Å²) >= 11 is 0. The zero-order valence-corrected chi connectivity index (χ0v) is 42.1. The Morgan fingerprint density at radius 2 is 1.32 bits per heavy atom. The van der Waals surface area contributed by atoms with Gasteiger partial charge in [0.25, 0.3) is 0 Å². The van der Waals surface area contributed by atoms with Gasteiger partial charge in [0.15, 0.2) is 0 Å². The van der Waals surface area contributed by atoms with Crippen molar-refractivity contribution in [1.29, 1.82) is 0 Å². The van der Waals surface area contributed by atoms with Gasteiger partial charge in [0, 0.05) is 31.5 Å². The summed E-state index contributed by atoms with van der Waals surface area (Å²) in [6, 6.07) is -2.20. The molecule has 10 atom stereocenters. The van der Waals surface area contributed by atoms with Crippen molar-refractivity contribution >= 4 is 53.7 Å². The highest BCUT2D eigenvalue weighted by molar-refractivity contribution is 5.96. The minimum Gasteiger partial charge on any atom is -0.508 e. The molecule has 0 saturated heterocycles. The molecule has 0 bridgehead atoms. The van der Waals surface area contributed by atoms with Gasteiger partial charge in [-0.2, -0.15) is 0 Å². The Hall–Kier alpha value is -6.05. The zero-order valence-electron chi connectivity index (χ0n) is 42.1. The Morgan fingerprint density at radius 3 is 1.81 bits per heavy atom. The number of phenols is 1. The Bertz CT molecular complexity index is 1910. The number of carbonyl (C=O) groups is 9. The van der Waals surface area contributed by atoms with Crippen molar-refractivity contribution < 1.29 is 58.1 Å². The molecular weight excluding hydrogens is 881 g/mol. The average molecular weight is 959 g/mol. The van der Waals surface area contributed by atoms with Crippen LogP contribution in [0.4, 0.5) is 0 Å². The highest BCUT2D eigenvalue weighted by Gasteiger charge is 2.41. The van der Waals surface area contributed by atoms with Crippen LogP contribution < -0.4 is 32.3 Å². The average Bonchev–Trinajstić information content (AvgIpc) is 3.27. The third kappa shape index (κ3) is 18.9. The number of ether oxygens (including phenoxy) is 1. The van der Waals surface area contributed by atoms with E-state index in [-0.39, 0.29) is 37.4 Å². The second-order valence-electron chi connectivity index (χ2n) is 18.2. The first-order valence-electron chi connectivity index (χ1n) is 23.3. The monoisotopic (exact) mass is 959 g/mol. The minimum atomic E-state index is -1.71. The summed E-state index contributed by atoms with van der Waals surface area (Å²) < 4.78 is 5.92. The number of esters is 1. The van der Waals surface area contributed by atoms with Gasteiger partial charge < -0.3 is 57.1 Å². The van der Waals surface area contributed by atoms with Gasteiger partial charge in [0.2, 0.25) is 47.8 Å². The summed E-state index contributed by atoms with van der Waals surface area (Å²) in [6.45, 7) is 19.8. The number of nitrogens with one attached hydrogen (secondary N) is 5. The molecule has 2 unspecified atom stereocenters. The van der Waals surface area contributed by atoms with Crippen LogP contribution in [0.2, 0.25) is 0 Å². The van der Waals surface area contributed by atoms with E-state index in [4.69, 9.17) is 10.5 Å². The lowest BCUT2D eigenvalue weighted by Gasteiger charge is -2.38. The third-order valence-electron chi connectivity index (χ3n) is 11.8. The van der Waals surface area contributed by atoms with E-state index in [0.717, 1.165) is 9.80 Å². The molecule has 0 aliphatic carbocycles. The summed E-state index contributed by atoms with van der Waals surface area (Å²) in [5, 5.41) is 33.7. The Labute approximate surface area is 401 Å². The number of amides is 8. The molecular formula is C48H78N8O12. The molecule has 0 fully saturated rings. The SMILES string of the molecule is C/C=C(\C)NC(=O)[C@H](CC(C)C)NC(=O)[C@@H](NC(=O)[C@H](CCC(N)=O)NC(=O)C(C)C)[C@@H](C)OC(=O)[C@@H](NC(=O)[C@H](Cc1ccc(O)cc1)N(C)C(=O)[C@H](C(C)CC)N(C=O)[C@H](C)O)C(C)CC. The third-order valence-corrected chi connectivity index (χ3v) is 11.8. The minimum absolute atomic E-state index is 0.0459. The molecule has 0 aromatic heterocycles. The lowest BCUT2D eigenvalue weighted by molar-refractivity contribution is -0.158. The predicted octanol–water partition coefficient (Wildman–Crippen LogP) is 1.90. The van der Waals surface area contributed by atoms with E-state index in [2.05, 4.69) is 26.6 Å². The van der Waals surface area contributed by atoms with Crippen LogP contribution in [0.1, 0.15) is 121 Å². The first-order valence-corrected chi connectivity index (χ1v) is 23.3. The Balaban J connectivity index is 3.84. The molecule has 0 radical (unpaired) electrons. The maximum Gasteiger partial charge on any atom is 0.329 e. The van der Waals surface area contributed by atoms with E-state index in [9.17, 15) is 53.4 Å². The van der Waals surface area contributed by atoms with Crippen LogP contribution in [-0.2, 0) is 54.3 Å². The summed E-state index contributed by atoms with van der Waals surface area (Å²) in [4.78, 5) is 124. The van der Waals surface area contributed by atoms with Gasteiger partial charge in [-0.1, -0.05) is 86.4 Å². The van der Waals surface area contributed by atoms with Crippen molar-refractivity contribution in [2.75, 3.05) is 7.05 Å². The number of hydrogen-bond donors (Lipinski definition) is 8. The molecule has 0 saturated carbocycles. The molecule has 1 aromatic rings. The second kappa shape index (κ2) is 29.0. The molecule has 382 valence electrons. The molecule has 0 aliphatic rings. The number of aromatic hydroxyl groups is 1. The lowest BCUT2D eigenvalue weighted by Crippen LogP contribution is -2.61. The zero-order chi connectivity index (χ0) is 52.2. The van der Waals surface area contributed by atoms with Crippen LogP contribution in [0.15, 0.2) is 36.0 Å². The van der Waals surface area contributed by atoms with Crippen LogP contribution in [0.25, 0.3) is 0 Å². The molecule has 8 amide bonds. The van der Waals surface area contributed by atoms with E-state index in [1.807, 2.05) is 13.8 Å². The number of allylic oxidation sites excluding steroid dienone is 2. The molecule has 1 rings (SSSR count). The van der Waals surface area contributed by atoms with Crippen molar-refractivity contribution in [3.63, 3.8) is 0 Å². The number of hydrogen-bond acceptors (Lipinski definition) is 12. The summed E-state index contributed by atoms with van der Waals surface area (Å²) in [7, 11) is 1.37. The van der Waals surface area contributed by atoms with Crippen molar-refractivity contribution in [1.82, 2.24) is 36.4 Å². The van der Waals surface area contributed by atoms with E-state index in [0.29, 0.717) is 30.5 Å². The lowest BCUT2D eigenvalue weighted by atomic mass is 9.94. The van der Waals surface area contributed by atoms with Crippen molar-refractivity contribution in [3.8, 4) is 5.75 Å². The molecule has 0 heterocycles. The van der Waals surface area contributed by atoms with E-state index >= 15 is 0 Å². The fourth-order valence-electron chi connectivity index (χ4n) is 7.00. The topological polar surface area (TPSA) is 296 Å². The fourth-order valence-corrected chi connectivity index (χ4v) is 7.00. The Kier molecular flexibility index (Phi) is 25.6. The maximum absolute atomic E-state index is 14.6. The fraction of sp³-hybridized carbons (Fsp3) is 0.646. The molecule has 20 heteroatoms. The number of nitrogens with two attached hydrogens (primary N) is 1. The molecule has 0 spiro atoms. The molecule has 1 aromatic carbocycles. The van der Waals surface area contributed by atoms with E-state index in [1.54, 1.807) is 73.6 Å². The summed E-state index contributed by atoms with van der Waals surface area (Å²) in [5.74, 6) is -8.00. The summed E-state index contributed by atoms with van der Waals surface area (Å²) in [5.41, 5.74) is 6.41. The normalized spacial score (nSPS) is 16.0. The first kappa shape index (κ1) is 60.0. The first-order chi connectivity index (χ1) is 31.7. The number of carbonyl (C=O) groups excluding carboxylic acids is 9. The molecule has 68 heavy (non-hydrogen) atoms. The number of phenolic OH excluding ortho intramolecular Hbond substituents is 1. The largest absolute Gasteiger partial charge is 0.508 e. The van der Waals surface area contributed by atoms with Crippen LogP contribution in [0.3, 0.4) is 0 Å². The van der Waals surface area contributed by atoms with Gasteiger partial charge >= 0.3 is 5.97 Å². The van der Waals surface area contributed by atoms with Gasteiger partial charge in [-0.05, 0) is 76.0 Å². The maximum atomic E-state index is 14.6. The number of nitrogens with zero attached hydrogens (tertiary/aromatic N) is 2. The van der Waals surface area contributed by atoms with Gasteiger partial charge in [0.05, 0.1) is 0 Å². The number of primary amides is 1. The van der Waals surface area contributed by atoms with Crippen molar-refractivity contribution in [2.24, 2.45) is 29.4 Å². The highest BCUT2D eigenvalue weighted by atomic mass is 16.5. The van der Waals surface area contributed by atoms with Gasteiger partial charge in [-0.3, -0.25) is 38.4 Å². The van der Waals surface area contributed by atoms with Crippen LogP contribution >= 0.6 is 0 Å². The number of aliphatic hydroxyl groups excluding tert-OH is 1. The van der Waals surface area contributed by atoms with Gasteiger partial charge in [-0.15, -0.1) is 0 Å². The van der Waals surface area contributed by atoms with Crippen LogP contribution in [-0.4, -0.2) is 129 Å². The van der Waals surface area contributed by atoms with Gasteiger partial charge in [-0.25, -0.2) is 4.79 Å². The Morgan fingerprint density at radius 1 is 0.765 bits per heavy atom. The standard InChI is InChI=1S/C48H78N8O12/c1-14-28(8)39(53-45(64)37(24-33-17-19-34(59)20-18-33)55(13)47(66)41(29(9)15-2)56(25-57)32(12)58)48(67)68-31(11)40(46(65)52-36(23-26(4)5)44(63)50-30(10)16-3)54-43(62)35(21-22-38(49)60)51-42(61)27(6)7/h16-20,25-29,31-32,35-37,39-41,58-59H,14-15,21-24H2,1-13H3,(H2,49,60)(H,50,63)(H,51,61)(H,52,65)(H,53,64)(H,54,62)/b30-16+/t28?,29?,31-,32+,35+,36+,37+,39+,40+,41+/m1/s1. The van der Waals surface area contributed by atoms with Crippen molar-refractivity contribution in [3.05, 3.63) is 41.6 Å². The number of aliphatic hydroxyl groups is 1. The highest BCUT2D eigenvalue weighted by Crippen LogP contribution is 2.22. The van der Waals surface area contributed by atoms with E-state index < -0.39 is 114 Å². The molecule has 0 aliphatic heterocycles. The second-order valence-corrected chi connectivity index (χ2v) is 18.2. The van der Waals surface area contributed by atoms with Gasteiger partial charge in [0.1, 0.15) is 54.3 Å². The van der Waals surface area contributed by atoms with E-state index in [1.165, 1.54) is 33.0 Å². The summed E-state index contributed by atoms with van der Waals surface area (Å²) in [6.07, 6.45) is -0.577. The quantitative estimate of drug-likeness (QED) is 0.0325. The number of likely N-dealkylation sites (N-methyl/N-ethyl adjacent to an activating group) is 1. The number of benzene rings is 1. The van der Waals surface area contributed by atoms with Crippen LogP contribution in [0, 0.1) is 23.7 Å². The number of rotatable bonds is 29. The molecule has 9 N–H and O–H groups in total. The predicted molar refractivity (Wildman–Crippen MR) is 254 cm³/mol. The van der Waals surface area contributed by atoms with Crippen LogP contribution in [0.5, 0.6) is 5.75 Å². The molecule has 20 nitrogen and oxygen atoms in total.